The van der Waals surface area contributed by atoms with Crippen LogP contribution in [-0.2, 0) is 0 Å². The minimum Gasteiger partial charge on any atom is -0.396 e. The molecule has 1 aliphatic carbocycles. The fourth-order valence-corrected chi connectivity index (χ4v) is 2.60. The minimum absolute atomic E-state index is 0.0721. The third kappa shape index (κ3) is 1.44. The number of aliphatic hydroxyl groups excluding tert-OH is 1. The van der Waals surface area contributed by atoms with Gasteiger partial charge in [-0.1, -0.05) is 6.58 Å². The molecule has 1 unspecified atom stereocenters. The number of fused-ring (bicyclic) bond motifs is 1. The van der Waals surface area contributed by atoms with E-state index in [-0.39, 0.29) is 24.5 Å². The Kier molecular flexibility index (Phi) is 2.47. The monoisotopic (exact) mass is 256 g/mol. The quantitative estimate of drug-likeness (QED) is 0.745. The predicted molar refractivity (Wildman–Crippen MR) is 67.6 cm³/mol. The van der Waals surface area contributed by atoms with E-state index < -0.39 is 0 Å². The van der Waals surface area contributed by atoms with Crippen LogP contribution >= 0.6 is 0 Å². The maximum Gasteiger partial charge on any atom is 0.166 e. The van der Waals surface area contributed by atoms with Gasteiger partial charge in [-0.05, 0) is 5.57 Å². The highest BCUT2D eigenvalue weighted by Gasteiger charge is 2.46. The van der Waals surface area contributed by atoms with Gasteiger partial charge in [0.1, 0.15) is 11.8 Å². The number of aliphatic hydroxyl groups is 1. The fourth-order valence-electron chi connectivity index (χ4n) is 2.60. The molecule has 19 heavy (non-hydrogen) atoms. The number of rotatable bonds is 2. The second-order valence-electron chi connectivity index (χ2n) is 4.55. The van der Waals surface area contributed by atoms with E-state index in [0.29, 0.717) is 17.0 Å². The zero-order valence-corrected chi connectivity index (χ0v) is 10.1. The number of imidazole rings is 1. The van der Waals surface area contributed by atoms with Crippen molar-refractivity contribution in [2.24, 2.45) is 11.8 Å². The Morgan fingerprint density at radius 3 is 2.95 bits per heavy atom. The smallest absolute Gasteiger partial charge is 0.166 e. The summed E-state index contributed by atoms with van der Waals surface area (Å²) >= 11 is 0. The van der Waals surface area contributed by atoms with Crippen molar-refractivity contribution < 1.29 is 5.11 Å². The maximum atomic E-state index is 9.25. The fraction of sp³-hybridized carbons (Fsp3) is 0.333. The van der Waals surface area contributed by atoms with Crippen molar-refractivity contribution in [1.82, 2.24) is 19.5 Å². The van der Waals surface area contributed by atoms with E-state index in [1.54, 1.807) is 10.9 Å². The summed E-state index contributed by atoms with van der Waals surface area (Å²) in [5, 5.41) is 18.5. The number of nitriles is 1. The number of hydrogen-bond donors (Lipinski definition) is 2. The molecule has 0 amide bonds. The number of aromatic nitrogens is 4. The molecule has 0 saturated heterocycles. The van der Waals surface area contributed by atoms with E-state index in [1.807, 2.05) is 0 Å². The molecule has 1 fully saturated rings. The van der Waals surface area contributed by atoms with Crippen LogP contribution in [0.2, 0.25) is 0 Å². The Balaban J connectivity index is 2.09. The van der Waals surface area contributed by atoms with Crippen LogP contribution < -0.4 is 5.73 Å². The van der Waals surface area contributed by atoms with E-state index in [9.17, 15) is 10.4 Å². The SMILES string of the molecule is C=C1[C@@H](n2cnc3c(N)ncnc32)C(C#N)[C@H]1CO. The zero-order valence-electron chi connectivity index (χ0n) is 10.1. The van der Waals surface area contributed by atoms with Crippen molar-refractivity contribution in [2.45, 2.75) is 6.04 Å². The van der Waals surface area contributed by atoms with E-state index in [0.717, 1.165) is 5.57 Å². The largest absolute Gasteiger partial charge is 0.396 e. The number of nitrogens with two attached hydrogens (primary N) is 1. The summed E-state index contributed by atoms with van der Waals surface area (Å²) < 4.78 is 1.77. The molecule has 2 aromatic rings. The van der Waals surface area contributed by atoms with Crippen molar-refractivity contribution in [2.75, 3.05) is 12.3 Å². The Labute approximate surface area is 109 Å². The molecular formula is C12H12N6O. The maximum absolute atomic E-state index is 9.25. The van der Waals surface area contributed by atoms with Gasteiger partial charge in [0, 0.05) is 5.92 Å². The van der Waals surface area contributed by atoms with Gasteiger partial charge in [0.15, 0.2) is 11.5 Å². The summed E-state index contributed by atoms with van der Waals surface area (Å²) in [7, 11) is 0. The summed E-state index contributed by atoms with van der Waals surface area (Å²) in [4.78, 5) is 12.2. The second-order valence-corrected chi connectivity index (χ2v) is 4.55. The molecular weight excluding hydrogens is 244 g/mol. The van der Waals surface area contributed by atoms with Crippen LogP contribution in [0, 0.1) is 23.2 Å². The average molecular weight is 256 g/mol. The van der Waals surface area contributed by atoms with Crippen LogP contribution in [0.25, 0.3) is 11.2 Å². The zero-order chi connectivity index (χ0) is 13.6. The lowest BCUT2D eigenvalue weighted by Crippen LogP contribution is -2.41. The van der Waals surface area contributed by atoms with Gasteiger partial charge in [-0.25, -0.2) is 15.0 Å². The summed E-state index contributed by atoms with van der Waals surface area (Å²) in [6, 6.07) is 1.99. The predicted octanol–water partition coefficient (Wildman–Crippen LogP) is 0.268. The molecule has 2 aromatic heterocycles. The van der Waals surface area contributed by atoms with E-state index in [2.05, 4.69) is 27.6 Å². The third-order valence-corrected chi connectivity index (χ3v) is 3.66. The van der Waals surface area contributed by atoms with Crippen molar-refractivity contribution in [3.8, 4) is 6.07 Å². The topological polar surface area (TPSA) is 114 Å². The summed E-state index contributed by atoms with van der Waals surface area (Å²) in [5.41, 5.74) is 7.63. The third-order valence-electron chi connectivity index (χ3n) is 3.66. The number of anilines is 1. The van der Waals surface area contributed by atoms with Crippen LogP contribution in [0.15, 0.2) is 24.8 Å². The van der Waals surface area contributed by atoms with Crippen molar-refractivity contribution in [1.29, 1.82) is 5.26 Å². The van der Waals surface area contributed by atoms with Gasteiger partial charge in [-0.15, -0.1) is 0 Å². The highest BCUT2D eigenvalue weighted by molar-refractivity contribution is 5.81. The van der Waals surface area contributed by atoms with Crippen molar-refractivity contribution in [3.63, 3.8) is 0 Å². The first kappa shape index (κ1) is 11.6. The molecule has 3 atom stereocenters. The van der Waals surface area contributed by atoms with Crippen LogP contribution in [0.4, 0.5) is 5.82 Å². The standard InChI is InChI=1S/C12H12N6O/c1-6-8(3-19)7(2-13)10(6)18-5-17-9-11(14)15-4-16-12(9)18/h4-5,7-8,10,19H,1,3H2,(H2,14,15,16)/t7?,8-,10+/m0/s1. The van der Waals surface area contributed by atoms with Gasteiger partial charge in [0.25, 0.3) is 0 Å². The van der Waals surface area contributed by atoms with E-state index in [1.165, 1.54) is 6.33 Å². The van der Waals surface area contributed by atoms with Gasteiger partial charge in [-0.2, -0.15) is 5.26 Å². The highest BCUT2D eigenvalue weighted by Crippen LogP contribution is 2.48. The summed E-state index contributed by atoms with van der Waals surface area (Å²) in [6.45, 7) is 3.87. The number of hydrogen-bond acceptors (Lipinski definition) is 6. The molecule has 2 heterocycles. The molecule has 7 heteroatoms. The normalized spacial score (nSPS) is 26.1. The number of nitrogens with zero attached hydrogens (tertiary/aromatic N) is 5. The van der Waals surface area contributed by atoms with E-state index in [4.69, 9.17) is 5.73 Å². The minimum atomic E-state index is -0.328. The molecule has 0 aromatic carbocycles. The first-order valence-corrected chi connectivity index (χ1v) is 5.81. The van der Waals surface area contributed by atoms with Crippen molar-refractivity contribution in [3.05, 3.63) is 24.8 Å². The molecule has 3 N–H and O–H groups in total. The van der Waals surface area contributed by atoms with Gasteiger partial charge in [-0.3, -0.25) is 0 Å². The van der Waals surface area contributed by atoms with Crippen LogP contribution in [0.5, 0.6) is 0 Å². The molecule has 96 valence electrons. The van der Waals surface area contributed by atoms with Crippen molar-refractivity contribution >= 4 is 17.0 Å². The molecule has 0 aliphatic heterocycles. The second kappa shape index (κ2) is 4.03. The first-order valence-electron chi connectivity index (χ1n) is 5.81. The lowest BCUT2D eigenvalue weighted by atomic mass is 9.66. The van der Waals surface area contributed by atoms with Gasteiger partial charge in [0.2, 0.25) is 0 Å². The Morgan fingerprint density at radius 1 is 1.47 bits per heavy atom. The lowest BCUT2D eigenvalue weighted by Gasteiger charge is -2.42. The molecule has 0 bridgehead atoms. The molecule has 3 rings (SSSR count). The summed E-state index contributed by atoms with van der Waals surface area (Å²) in [5.74, 6) is -0.210. The number of nitrogen functional groups attached to an aromatic ring is 1. The molecule has 1 saturated carbocycles. The molecule has 1 aliphatic rings. The Hall–Kier alpha value is -2.46. The van der Waals surface area contributed by atoms with Gasteiger partial charge >= 0.3 is 0 Å². The average Bonchev–Trinajstić information content (AvgIpc) is 2.81. The summed E-state index contributed by atoms with van der Waals surface area (Å²) in [6.07, 6.45) is 2.95. The highest BCUT2D eigenvalue weighted by atomic mass is 16.3. The van der Waals surface area contributed by atoms with E-state index >= 15 is 0 Å². The van der Waals surface area contributed by atoms with Gasteiger partial charge < -0.3 is 15.4 Å². The van der Waals surface area contributed by atoms with Crippen LogP contribution in [-0.4, -0.2) is 31.2 Å². The first-order chi connectivity index (χ1) is 9.19. The Bertz CT molecular complexity index is 700. The molecule has 0 spiro atoms. The Morgan fingerprint density at radius 2 is 2.26 bits per heavy atom. The van der Waals surface area contributed by atoms with Crippen LogP contribution in [0.3, 0.4) is 0 Å². The van der Waals surface area contributed by atoms with Gasteiger partial charge in [0.05, 0.1) is 31.0 Å². The lowest BCUT2D eigenvalue weighted by molar-refractivity contribution is 0.138. The molecule has 0 radical (unpaired) electrons. The molecule has 7 nitrogen and oxygen atoms in total. The van der Waals surface area contributed by atoms with Crippen LogP contribution in [0.1, 0.15) is 6.04 Å².